The molecule has 0 radical (unpaired) electrons. The van der Waals surface area contributed by atoms with Crippen molar-refractivity contribution in [1.29, 1.82) is 0 Å². The highest BCUT2D eigenvalue weighted by molar-refractivity contribution is 9.10. The topological polar surface area (TPSA) is 77.2 Å². The number of carboxylic acid groups (broad SMARTS) is 1. The van der Waals surface area contributed by atoms with Gasteiger partial charge in [-0.25, -0.2) is 4.79 Å². The van der Waals surface area contributed by atoms with Gasteiger partial charge < -0.3 is 9.84 Å². The van der Waals surface area contributed by atoms with Crippen LogP contribution in [0.25, 0.3) is 0 Å². The fraction of sp³-hybridized carbons (Fsp3) is 0.100. The Labute approximate surface area is 105 Å². The Hall–Kier alpha value is -1.89. The van der Waals surface area contributed by atoms with E-state index in [1.54, 1.807) is 19.2 Å². The zero-order valence-corrected chi connectivity index (χ0v) is 10.4. The molecule has 1 heterocycles. The summed E-state index contributed by atoms with van der Waals surface area (Å²) in [7, 11) is 1.69. The maximum absolute atomic E-state index is 11.0. The first-order valence-electron chi connectivity index (χ1n) is 4.62. The van der Waals surface area contributed by atoms with Gasteiger partial charge in [-0.1, -0.05) is 15.9 Å². The summed E-state index contributed by atoms with van der Waals surface area (Å²) in [5.41, 5.74) is 0.0480. The molecule has 1 N–H and O–H groups in total. The number of hydrogen-bond acceptors (Lipinski definition) is 4. The van der Waals surface area contributed by atoms with Crippen molar-refractivity contribution in [3.05, 3.63) is 34.6 Å². The van der Waals surface area contributed by atoms with E-state index >= 15 is 0 Å². The van der Waals surface area contributed by atoms with Crippen LogP contribution in [0, 0.1) is 0 Å². The van der Waals surface area contributed by atoms with Gasteiger partial charge in [-0.15, -0.1) is 5.10 Å². The molecule has 0 unspecified atom stereocenters. The lowest BCUT2D eigenvalue weighted by Gasteiger charge is -2.05. The van der Waals surface area contributed by atoms with Gasteiger partial charge in [0.15, 0.2) is 0 Å². The average Bonchev–Trinajstić information content (AvgIpc) is 2.66. The van der Waals surface area contributed by atoms with Gasteiger partial charge in [-0.3, -0.25) is 4.68 Å². The predicted molar refractivity (Wildman–Crippen MR) is 62.2 cm³/mol. The average molecular weight is 298 g/mol. The molecule has 0 atom stereocenters. The van der Waals surface area contributed by atoms with Crippen molar-refractivity contribution >= 4 is 21.9 Å². The van der Waals surface area contributed by atoms with Crippen LogP contribution in [0.2, 0.25) is 0 Å². The Morgan fingerprint density at radius 1 is 1.53 bits per heavy atom. The van der Waals surface area contributed by atoms with Crippen LogP contribution >= 0.6 is 15.9 Å². The van der Waals surface area contributed by atoms with Gasteiger partial charge in [0.1, 0.15) is 17.6 Å². The molecule has 0 aliphatic carbocycles. The minimum absolute atomic E-state index is 0.0480. The standard InChI is InChI=1S/C10H8BrN3O3/c1-14-5-12-10(13-14)17-8-3-2-6(11)4-7(8)9(15)16/h2-5H,1H3,(H,15,16). The molecule has 0 spiro atoms. The summed E-state index contributed by atoms with van der Waals surface area (Å²) in [5, 5.41) is 12.9. The first kappa shape index (κ1) is 11.6. The number of aromatic carboxylic acids is 1. The van der Waals surface area contributed by atoms with Gasteiger partial charge in [0.05, 0.1) is 0 Å². The second-order valence-corrected chi connectivity index (χ2v) is 4.16. The first-order valence-corrected chi connectivity index (χ1v) is 5.42. The minimum Gasteiger partial charge on any atom is -0.478 e. The molecule has 2 rings (SSSR count). The lowest BCUT2D eigenvalue weighted by Crippen LogP contribution is -2.00. The van der Waals surface area contributed by atoms with Crippen molar-refractivity contribution in [2.24, 2.45) is 7.05 Å². The maximum atomic E-state index is 11.0. The monoisotopic (exact) mass is 297 g/mol. The molecule has 0 bridgehead atoms. The molecule has 1 aromatic heterocycles. The van der Waals surface area contributed by atoms with Gasteiger partial charge in [-0.2, -0.15) is 4.98 Å². The van der Waals surface area contributed by atoms with Crippen LogP contribution in [0.15, 0.2) is 29.0 Å². The predicted octanol–water partition coefficient (Wildman–Crippen LogP) is 2.07. The van der Waals surface area contributed by atoms with Crippen molar-refractivity contribution in [3.63, 3.8) is 0 Å². The van der Waals surface area contributed by atoms with E-state index in [9.17, 15) is 4.79 Å². The van der Waals surface area contributed by atoms with Gasteiger partial charge in [0.2, 0.25) is 0 Å². The zero-order valence-electron chi connectivity index (χ0n) is 8.79. The van der Waals surface area contributed by atoms with E-state index in [2.05, 4.69) is 26.0 Å². The lowest BCUT2D eigenvalue weighted by atomic mass is 10.2. The van der Waals surface area contributed by atoms with E-state index in [1.165, 1.54) is 17.1 Å². The third-order valence-corrected chi connectivity index (χ3v) is 2.45. The van der Waals surface area contributed by atoms with Gasteiger partial charge >= 0.3 is 12.0 Å². The van der Waals surface area contributed by atoms with E-state index in [1.807, 2.05) is 0 Å². The van der Waals surface area contributed by atoms with Crippen molar-refractivity contribution in [2.45, 2.75) is 0 Å². The van der Waals surface area contributed by atoms with Crippen LogP contribution in [0.1, 0.15) is 10.4 Å². The number of aromatic nitrogens is 3. The van der Waals surface area contributed by atoms with Crippen LogP contribution < -0.4 is 4.74 Å². The van der Waals surface area contributed by atoms with E-state index < -0.39 is 5.97 Å². The second kappa shape index (κ2) is 4.54. The lowest BCUT2D eigenvalue weighted by molar-refractivity contribution is 0.0694. The quantitative estimate of drug-likeness (QED) is 0.938. The number of nitrogens with zero attached hydrogens (tertiary/aromatic N) is 3. The van der Waals surface area contributed by atoms with Gasteiger partial charge in [0, 0.05) is 11.5 Å². The second-order valence-electron chi connectivity index (χ2n) is 3.25. The number of carbonyl (C=O) groups is 1. The molecule has 0 aliphatic rings. The number of ether oxygens (including phenoxy) is 1. The molecule has 0 fully saturated rings. The summed E-state index contributed by atoms with van der Waals surface area (Å²) in [4.78, 5) is 14.9. The Kier molecular flexibility index (Phi) is 3.10. The molecular formula is C10H8BrN3O3. The molecule has 2 aromatic rings. The van der Waals surface area contributed by atoms with Crippen LogP contribution in [0.5, 0.6) is 11.8 Å². The summed E-state index contributed by atoms with van der Waals surface area (Å²) < 4.78 is 7.43. The molecule has 1 aromatic carbocycles. The zero-order chi connectivity index (χ0) is 12.4. The van der Waals surface area contributed by atoms with Crippen LogP contribution in [0.4, 0.5) is 0 Å². The molecule has 0 saturated heterocycles. The number of halogens is 1. The van der Waals surface area contributed by atoms with Crippen molar-refractivity contribution < 1.29 is 14.6 Å². The highest BCUT2D eigenvalue weighted by Crippen LogP contribution is 2.26. The largest absolute Gasteiger partial charge is 0.478 e. The molecule has 0 amide bonds. The van der Waals surface area contributed by atoms with Gasteiger partial charge in [0.25, 0.3) is 0 Å². The summed E-state index contributed by atoms with van der Waals surface area (Å²) in [6.07, 6.45) is 1.47. The molecule has 0 aliphatic heterocycles. The van der Waals surface area contributed by atoms with Crippen molar-refractivity contribution in [3.8, 4) is 11.8 Å². The fourth-order valence-corrected chi connectivity index (χ4v) is 1.58. The third-order valence-electron chi connectivity index (χ3n) is 1.95. The van der Waals surface area contributed by atoms with Crippen LogP contribution in [-0.2, 0) is 7.05 Å². The smallest absolute Gasteiger partial charge is 0.341 e. The Morgan fingerprint density at radius 3 is 2.88 bits per heavy atom. The van der Waals surface area contributed by atoms with Crippen LogP contribution in [0.3, 0.4) is 0 Å². The number of benzene rings is 1. The normalized spacial score (nSPS) is 10.2. The summed E-state index contributed by atoms with van der Waals surface area (Å²) in [6, 6.07) is 4.80. The number of carboxylic acids is 1. The molecule has 88 valence electrons. The third kappa shape index (κ3) is 2.62. The van der Waals surface area contributed by atoms with Crippen LogP contribution in [-0.4, -0.2) is 25.8 Å². The van der Waals surface area contributed by atoms with Gasteiger partial charge in [-0.05, 0) is 18.2 Å². The van der Waals surface area contributed by atoms with E-state index in [4.69, 9.17) is 9.84 Å². The first-order chi connectivity index (χ1) is 8.06. The Balaban J connectivity index is 2.35. The SMILES string of the molecule is Cn1cnc(Oc2ccc(Br)cc2C(=O)O)n1. The maximum Gasteiger partial charge on any atom is 0.341 e. The van der Waals surface area contributed by atoms with Crippen molar-refractivity contribution in [1.82, 2.24) is 14.8 Å². The Bertz CT molecular complexity index is 568. The molecule has 17 heavy (non-hydrogen) atoms. The number of aryl methyl sites for hydroxylation is 1. The summed E-state index contributed by atoms with van der Waals surface area (Å²) in [5.74, 6) is -0.871. The Morgan fingerprint density at radius 2 is 2.29 bits per heavy atom. The summed E-state index contributed by atoms with van der Waals surface area (Å²) >= 11 is 3.20. The van der Waals surface area contributed by atoms with E-state index in [0.29, 0.717) is 4.47 Å². The van der Waals surface area contributed by atoms with E-state index in [-0.39, 0.29) is 17.3 Å². The van der Waals surface area contributed by atoms with E-state index in [0.717, 1.165) is 0 Å². The molecular weight excluding hydrogens is 290 g/mol. The van der Waals surface area contributed by atoms with Crippen molar-refractivity contribution in [2.75, 3.05) is 0 Å². The minimum atomic E-state index is -1.07. The number of rotatable bonds is 3. The number of hydrogen-bond donors (Lipinski definition) is 1. The highest BCUT2D eigenvalue weighted by atomic mass is 79.9. The fourth-order valence-electron chi connectivity index (χ4n) is 1.22. The summed E-state index contributed by atoms with van der Waals surface area (Å²) in [6.45, 7) is 0. The molecule has 6 nitrogen and oxygen atoms in total. The highest BCUT2D eigenvalue weighted by Gasteiger charge is 2.14. The molecule has 0 saturated carbocycles. The molecule has 7 heteroatoms.